The molecule has 1 rings (SSSR count). The van der Waals surface area contributed by atoms with Crippen molar-refractivity contribution in [3.63, 3.8) is 0 Å². The molecule has 0 amide bonds. The summed E-state index contributed by atoms with van der Waals surface area (Å²) in [5, 5.41) is 9.85. The van der Waals surface area contributed by atoms with E-state index in [1.54, 1.807) is 13.8 Å². The Balaban J connectivity index is 3.20. The van der Waals surface area contributed by atoms with Gasteiger partial charge in [-0.2, -0.15) is 0 Å². The summed E-state index contributed by atoms with van der Waals surface area (Å²) < 4.78 is 0. The van der Waals surface area contributed by atoms with Gasteiger partial charge in [0.1, 0.15) is 0 Å². The highest BCUT2D eigenvalue weighted by molar-refractivity contribution is 5.51. The van der Waals surface area contributed by atoms with Crippen LogP contribution >= 0.6 is 0 Å². The molecule has 0 aromatic heterocycles. The van der Waals surface area contributed by atoms with Crippen molar-refractivity contribution in [1.82, 2.24) is 0 Å². The van der Waals surface area contributed by atoms with Crippen molar-refractivity contribution in [2.75, 3.05) is 5.73 Å². The van der Waals surface area contributed by atoms with Crippen molar-refractivity contribution in [2.45, 2.75) is 39.2 Å². The quantitative estimate of drug-likeness (QED) is 0.709. The van der Waals surface area contributed by atoms with E-state index in [1.165, 1.54) is 0 Å². The number of anilines is 1. The molecule has 14 heavy (non-hydrogen) atoms. The van der Waals surface area contributed by atoms with Crippen LogP contribution in [0.2, 0.25) is 0 Å². The second-order valence-electron chi connectivity index (χ2n) is 4.56. The van der Waals surface area contributed by atoms with Crippen LogP contribution in [0.25, 0.3) is 0 Å². The minimum atomic E-state index is -0.794. The molecule has 2 nitrogen and oxygen atoms in total. The molecular formula is C12H19NO. The molecule has 0 aliphatic heterocycles. The highest BCUT2D eigenvalue weighted by atomic mass is 16.3. The van der Waals surface area contributed by atoms with Crippen LogP contribution in [0.1, 0.15) is 44.7 Å². The molecule has 0 fully saturated rings. The maximum Gasteiger partial charge on any atom is 0.0840 e. The van der Waals surface area contributed by atoms with Crippen molar-refractivity contribution in [3.05, 3.63) is 29.3 Å². The summed E-state index contributed by atoms with van der Waals surface area (Å²) >= 11 is 0. The average molecular weight is 193 g/mol. The Hall–Kier alpha value is -1.02. The molecular weight excluding hydrogens is 174 g/mol. The largest absolute Gasteiger partial charge is 0.398 e. The Labute approximate surface area is 85.8 Å². The smallest absolute Gasteiger partial charge is 0.0840 e. The van der Waals surface area contributed by atoms with Gasteiger partial charge >= 0.3 is 0 Å². The first-order valence-corrected chi connectivity index (χ1v) is 4.94. The first-order chi connectivity index (χ1) is 6.32. The zero-order chi connectivity index (χ0) is 10.9. The van der Waals surface area contributed by atoms with Crippen LogP contribution in [0.4, 0.5) is 5.69 Å². The molecule has 0 aliphatic carbocycles. The van der Waals surface area contributed by atoms with Gasteiger partial charge in [0.2, 0.25) is 0 Å². The first kappa shape index (κ1) is 11.1. The maximum absolute atomic E-state index is 9.85. The standard InChI is InChI=1S/C12H19NO/c1-8(2)10-7-9(12(3,4)14)5-6-11(10)13/h5-8,14H,13H2,1-4H3. The summed E-state index contributed by atoms with van der Waals surface area (Å²) in [6, 6.07) is 5.73. The lowest BCUT2D eigenvalue weighted by Crippen LogP contribution is -2.16. The minimum absolute atomic E-state index is 0.386. The number of aliphatic hydroxyl groups is 1. The molecule has 2 heteroatoms. The fourth-order valence-electron chi connectivity index (χ4n) is 1.46. The number of nitrogen functional groups attached to an aromatic ring is 1. The van der Waals surface area contributed by atoms with E-state index in [0.717, 1.165) is 16.8 Å². The molecule has 0 spiro atoms. The molecule has 1 aromatic carbocycles. The van der Waals surface area contributed by atoms with E-state index in [1.807, 2.05) is 18.2 Å². The van der Waals surface area contributed by atoms with E-state index >= 15 is 0 Å². The lowest BCUT2D eigenvalue weighted by molar-refractivity contribution is 0.0785. The van der Waals surface area contributed by atoms with Crippen LogP contribution in [-0.2, 0) is 5.60 Å². The Bertz CT molecular complexity index is 324. The van der Waals surface area contributed by atoms with E-state index in [2.05, 4.69) is 13.8 Å². The van der Waals surface area contributed by atoms with Crippen LogP contribution in [0, 0.1) is 0 Å². The molecule has 0 atom stereocenters. The van der Waals surface area contributed by atoms with Gasteiger partial charge in [-0.25, -0.2) is 0 Å². The average Bonchev–Trinajstić information content (AvgIpc) is 2.02. The molecule has 78 valence electrons. The van der Waals surface area contributed by atoms with Gasteiger partial charge in [-0.3, -0.25) is 0 Å². The highest BCUT2D eigenvalue weighted by Gasteiger charge is 2.17. The normalized spacial score (nSPS) is 12.1. The molecule has 0 aliphatic rings. The zero-order valence-electron chi connectivity index (χ0n) is 9.33. The lowest BCUT2D eigenvalue weighted by Gasteiger charge is -2.20. The SMILES string of the molecule is CC(C)c1cc(C(C)(C)O)ccc1N. The monoisotopic (exact) mass is 193 g/mol. The van der Waals surface area contributed by atoms with Gasteiger partial charge in [-0.15, -0.1) is 0 Å². The van der Waals surface area contributed by atoms with Crippen LogP contribution in [0.5, 0.6) is 0 Å². The summed E-state index contributed by atoms with van der Waals surface area (Å²) in [5.74, 6) is 0.386. The first-order valence-electron chi connectivity index (χ1n) is 4.94. The van der Waals surface area contributed by atoms with Crippen LogP contribution in [0.3, 0.4) is 0 Å². The second kappa shape index (κ2) is 3.62. The molecule has 0 unspecified atom stereocenters. The van der Waals surface area contributed by atoms with Gasteiger partial charge < -0.3 is 10.8 Å². The molecule has 3 N–H and O–H groups in total. The predicted molar refractivity (Wildman–Crippen MR) is 60.2 cm³/mol. The number of nitrogens with two attached hydrogens (primary N) is 1. The van der Waals surface area contributed by atoms with E-state index in [0.29, 0.717) is 5.92 Å². The van der Waals surface area contributed by atoms with Crippen LogP contribution < -0.4 is 5.73 Å². The summed E-state index contributed by atoms with van der Waals surface area (Å²) in [5.41, 5.74) is 7.87. The molecule has 0 heterocycles. The molecule has 0 saturated carbocycles. The van der Waals surface area contributed by atoms with Crippen molar-refractivity contribution >= 4 is 5.69 Å². The molecule has 1 aromatic rings. The van der Waals surface area contributed by atoms with Gasteiger partial charge in [0.05, 0.1) is 5.60 Å². The molecule has 0 saturated heterocycles. The van der Waals surface area contributed by atoms with Gasteiger partial charge in [-0.1, -0.05) is 26.0 Å². The summed E-state index contributed by atoms with van der Waals surface area (Å²) in [6.45, 7) is 7.75. The summed E-state index contributed by atoms with van der Waals surface area (Å²) in [6.07, 6.45) is 0. The Morgan fingerprint density at radius 2 is 1.86 bits per heavy atom. The third-order valence-corrected chi connectivity index (χ3v) is 2.42. The van der Waals surface area contributed by atoms with Crippen molar-refractivity contribution in [1.29, 1.82) is 0 Å². The fraction of sp³-hybridized carbons (Fsp3) is 0.500. The van der Waals surface area contributed by atoms with E-state index in [4.69, 9.17) is 5.73 Å². The summed E-state index contributed by atoms with van der Waals surface area (Å²) in [7, 11) is 0. The van der Waals surface area contributed by atoms with Gasteiger partial charge in [0.25, 0.3) is 0 Å². The van der Waals surface area contributed by atoms with Crippen molar-refractivity contribution in [2.24, 2.45) is 0 Å². The van der Waals surface area contributed by atoms with Crippen LogP contribution in [0.15, 0.2) is 18.2 Å². The number of benzene rings is 1. The third-order valence-electron chi connectivity index (χ3n) is 2.42. The van der Waals surface area contributed by atoms with Crippen molar-refractivity contribution in [3.8, 4) is 0 Å². The van der Waals surface area contributed by atoms with Gasteiger partial charge in [0.15, 0.2) is 0 Å². The van der Waals surface area contributed by atoms with Gasteiger partial charge in [0, 0.05) is 5.69 Å². The molecule has 0 radical (unpaired) electrons. The van der Waals surface area contributed by atoms with Crippen LogP contribution in [-0.4, -0.2) is 5.11 Å². The fourth-order valence-corrected chi connectivity index (χ4v) is 1.46. The number of hydrogen-bond donors (Lipinski definition) is 2. The third kappa shape index (κ3) is 2.26. The second-order valence-corrected chi connectivity index (χ2v) is 4.56. The predicted octanol–water partition coefficient (Wildman–Crippen LogP) is 2.62. The topological polar surface area (TPSA) is 46.2 Å². The Morgan fingerprint density at radius 3 is 2.29 bits per heavy atom. The minimum Gasteiger partial charge on any atom is -0.398 e. The zero-order valence-corrected chi connectivity index (χ0v) is 9.33. The number of rotatable bonds is 2. The lowest BCUT2D eigenvalue weighted by atomic mass is 9.92. The van der Waals surface area contributed by atoms with E-state index in [9.17, 15) is 5.11 Å². The number of hydrogen-bond acceptors (Lipinski definition) is 2. The highest BCUT2D eigenvalue weighted by Crippen LogP contribution is 2.27. The van der Waals surface area contributed by atoms with Crippen molar-refractivity contribution < 1.29 is 5.11 Å². The Morgan fingerprint density at radius 1 is 1.29 bits per heavy atom. The van der Waals surface area contributed by atoms with E-state index < -0.39 is 5.60 Å². The maximum atomic E-state index is 9.85. The van der Waals surface area contributed by atoms with E-state index in [-0.39, 0.29) is 0 Å². The summed E-state index contributed by atoms with van der Waals surface area (Å²) in [4.78, 5) is 0. The Kier molecular flexibility index (Phi) is 2.86. The molecule has 0 bridgehead atoms. The van der Waals surface area contributed by atoms with Gasteiger partial charge in [-0.05, 0) is 37.0 Å².